The molecular weight excluding hydrogens is 282 g/mol. The van der Waals surface area contributed by atoms with Crippen LogP contribution in [-0.2, 0) is 16.0 Å². The molecule has 2 aliphatic heterocycles. The van der Waals surface area contributed by atoms with E-state index in [4.69, 9.17) is 9.47 Å². The van der Waals surface area contributed by atoms with E-state index >= 15 is 0 Å². The van der Waals surface area contributed by atoms with Gasteiger partial charge in [0.25, 0.3) is 0 Å². The number of aryl methyl sites for hydroxylation is 1. The summed E-state index contributed by atoms with van der Waals surface area (Å²) in [6.07, 6.45) is 5.48. The molecule has 0 aliphatic carbocycles. The first-order chi connectivity index (χ1) is 10.2. The molecule has 3 heterocycles. The topological polar surface area (TPSA) is 21.7 Å². The van der Waals surface area contributed by atoms with E-state index < -0.39 is 0 Å². The third-order valence-corrected chi connectivity index (χ3v) is 5.40. The van der Waals surface area contributed by atoms with E-state index in [0.717, 1.165) is 26.1 Å². The van der Waals surface area contributed by atoms with Gasteiger partial charge in [-0.2, -0.15) is 0 Å². The summed E-state index contributed by atoms with van der Waals surface area (Å²) in [5, 5.41) is 0. The lowest BCUT2D eigenvalue weighted by Crippen LogP contribution is -2.47. The highest BCUT2D eigenvalue weighted by Gasteiger charge is 2.43. The average molecular weight is 307 g/mol. The summed E-state index contributed by atoms with van der Waals surface area (Å²) in [7, 11) is 0. The third kappa shape index (κ3) is 3.75. The monoisotopic (exact) mass is 307 g/mol. The number of nitrogens with zero attached hydrogens (tertiary/aromatic N) is 1. The van der Waals surface area contributed by atoms with Gasteiger partial charge in [-0.05, 0) is 38.4 Å². The second-order valence-corrected chi connectivity index (χ2v) is 7.64. The van der Waals surface area contributed by atoms with E-state index in [0.29, 0.717) is 6.61 Å². The highest BCUT2D eigenvalue weighted by atomic mass is 32.1. The zero-order valence-corrected chi connectivity index (χ0v) is 13.7. The lowest BCUT2D eigenvalue weighted by Gasteiger charge is -2.39. The molecular formula is C17H25NO2S. The number of thiophene rings is 1. The van der Waals surface area contributed by atoms with Crippen LogP contribution >= 0.6 is 11.3 Å². The maximum Gasteiger partial charge on any atom is 0.0841 e. The summed E-state index contributed by atoms with van der Waals surface area (Å²) in [4.78, 5) is 5.40. The molecule has 0 radical (unpaired) electrons. The summed E-state index contributed by atoms with van der Waals surface area (Å²) in [6.45, 7) is 10.5. The molecule has 0 N–H and O–H groups in total. The molecule has 0 aromatic carbocycles. The molecule has 1 aromatic heterocycles. The van der Waals surface area contributed by atoms with Gasteiger partial charge in [0.05, 0.1) is 24.9 Å². The Hall–Kier alpha value is -0.680. The lowest BCUT2D eigenvalue weighted by atomic mass is 9.89. The number of rotatable bonds is 5. The number of hydrogen-bond acceptors (Lipinski definition) is 4. The molecule has 0 amide bonds. The average Bonchev–Trinajstić information content (AvgIpc) is 3.04. The van der Waals surface area contributed by atoms with Crippen LogP contribution in [0.3, 0.4) is 0 Å². The molecule has 2 saturated heterocycles. The number of likely N-dealkylation sites (tertiary alicyclic amines) is 1. The fourth-order valence-corrected chi connectivity index (χ4v) is 4.45. The minimum atomic E-state index is 0.0242. The Balaban J connectivity index is 1.57. The Morgan fingerprint density at radius 3 is 3.24 bits per heavy atom. The van der Waals surface area contributed by atoms with Crippen LogP contribution in [0.15, 0.2) is 24.8 Å². The second kappa shape index (κ2) is 6.61. The third-order valence-electron chi connectivity index (χ3n) is 4.42. The molecule has 2 fully saturated rings. The van der Waals surface area contributed by atoms with Crippen LogP contribution in [0.5, 0.6) is 0 Å². The molecule has 2 aliphatic rings. The Bertz CT molecular complexity index is 487. The van der Waals surface area contributed by atoms with Crippen LogP contribution in [-0.4, -0.2) is 42.9 Å². The molecule has 3 rings (SSSR count). The van der Waals surface area contributed by atoms with Gasteiger partial charge in [0.15, 0.2) is 0 Å². The number of ether oxygens (including phenoxy) is 2. The van der Waals surface area contributed by atoms with E-state index in [-0.39, 0.29) is 11.7 Å². The van der Waals surface area contributed by atoms with E-state index in [9.17, 15) is 0 Å². The predicted octanol–water partition coefficient (Wildman–Crippen LogP) is 3.38. The highest BCUT2D eigenvalue weighted by Crippen LogP contribution is 2.36. The smallest absolute Gasteiger partial charge is 0.0841 e. The first kappa shape index (κ1) is 15.2. The Morgan fingerprint density at radius 1 is 1.57 bits per heavy atom. The maximum absolute atomic E-state index is 6.17. The minimum absolute atomic E-state index is 0.0242. The van der Waals surface area contributed by atoms with Crippen molar-refractivity contribution in [2.24, 2.45) is 0 Å². The maximum atomic E-state index is 6.17. The van der Waals surface area contributed by atoms with Crippen molar-refractivity contribution in [3.05, 3.63) is 34.5 Å². The summed E-state index contributed by atoms with van der Waals surface area (Å²) in [5.74, 6) is 0. The van der Waals surface area contributed by atoms with Crippen LogP contribution in [0.1, 0.15) is 29.0 Å². The van der Waals surface area contributed by atoms with Crippen LogP contribution < -0.4 is 0 Å². The van der Waals surface area contributed by atoms with Gasteiger partial charge in [0.2, 0.25) is 0 Å². The summed E-state index contributed by atoms with van der Waals surface area (Å²) >= 11 is 1.91. The Labute approximate surface area is 131 Å². The Kier molecular flexibility index (Phi) is 4.79. The normalized spacial score (nSPS) is 30.0. The molecule has 0 bridgehead atoms. The molecule has 4 heteroatoms. The van der Waals surface area contributed by atoms with E-state index in [1.54, 1.807) is 0 Å². The van der Waals surface area contributed by atoms with Crippen molar-refractivity contribution >= 4 is 11.3 Å². The van der Waals surface area contributed by atoms with Crippen molar-refractivity contribution < 1.29 is 9.47 Å². The van der Waals surface area contributed by atoms with Crippen molar-refractivity contribution in [1.29, 1.82) is 0 Å². The van der Waals surface area contributed by atoms with Crippen LogP contribution in [0.25, 0.3) is 0 Å². The summed E-state index contributed by atoms with van der Waals surface area (Å²) in [6, 6.07) is 4.47. The van der Waals surface area contributed by atoms with Crippen molar-refractivity contribution in [2.45, 2.75) is 44.4 Å². The zero-order valence-electron chi connectivity index (χ0n) is 12.8. The number of piperidine rings is 1. The van der Waals surface area contributed by atoms with Crippen LogP contribution in [0, 0.1) is 6.92 Å². The molecule has 3 nitrogen and oxygen atoms in total. The van der Waals surface area contributed by atoms with Gasteiger partial charge < -0.3 is 9.47 Å². The lowest BCUT2D eigenvalue weighted by molar-refractivity contribution is -0.0542. The molecule has 0 saturated carbocycles. The molecule has 0 unspecified atom stereocenters. The second-order valence-electron chi connectivity index (χ2n) is 6.27. The fraction of sp³-hybridized carbons (Fsp3) is 0.647. The van der Waals surface area contributed by atoms with Gasteiger partial charge in [-0.15, -0.1) is 17.9 Å². The van der Waals surface area contributed by atoms with Crippen molar-refractivity contribution in [3.8, 4) is 0 Å². The summed E-state index contributed by atoms with van der Waals surface area (Å²) < 4.78 is 11.9. The highest BCUT2D eigenvalue weighted by molar-refractivity contribution is 7.11. The van der Waals surface area contributed by atoms with Crippen molar-refractivity contribution in [2.75, 3.05) is 26.3 Å². The first-order valence-electron chi connectivity index (χ1n) is 7.83. The van der Waals surface area contributed by atoms with E-state index in [2.05, 4.69) is 30.5 Å². The van der Waals surface area contributed by atoms with Gasteiger partial charge in [0, 0.05) is 29.3 Å². The van der Waals surface area contributed by atoms with Gasteiger partial charge in [-0.25, -0.2) is 0 Å². The predicted molar refractivity (Wildman–Crippen MR) is 86.8 cm³/mol. The van der Waals surface area contributed by atoms with E-state index in [1.807, 2.05) is 17.4 Å². The molecule has 2 atom stereocenters. The molecule has 1 aromatic rings. The van der Waals surface area contributed by atoms with Gasteiger partial charge >= 0.3 is 0 Å². The SMILES string of the molecule is C=CCO[C@H]1CO[C@@]2(CCCN(Cc3ccc(C)s3)C2)C1. The largest absolute Gasteiger partial charge is 0.372 e. The molecule has 1 spiro atoms. The molecule has 116 valence electrons. The fourth-order valence-electron chi connectivity index (χ4n) is 3.51. The molecule has 21 heavy (non-hydrogen) atoms. The van der Waals surface area contributed by atoms with Gasteiger partial charge in [0.1, 0.15) is 0 Å². The van der Waals surface area contributed by atoms with Gasteiger partial charge in [-0.1, -0.05) is 6.08 Å². The quantitative estimate of drug-likeness (QED) is 0.778. The standard InChI is InChI=1S/C17H25NO2S/c1-3-9-19-15-10-17(20-12-15)7-4-8-18(13-17)11-16-6-5-14(2)21-16/h3,5-6,15H,1,4,7-13H2,2H3/t15-,17+/m1/s1. The van der Waals surface area contributed by atoms with Gasteiger partial charge in [-0.3, -0.25) is 4.90 Å². The summed E-state index contributed by atoms with van der Waals surface area (Å²) in [5.41, 5.74) is 0.0242. The zero-order chi connectivity index (χ0) is 14.7. The number of hydrogen-bond donors (Lipinski definition) is 0. The van der Waals surface area contributed by atoms with Crippen molar-refractivity contribution in [1.82, 2.24) is 4.90 Å². The minimum Gasteiger partial charge on any atom is -0.372 e. The van der Waals surface area contributed by atoms with Crippen LogP contribution in [0.4, 0.5) is 0 Å². The Morgan fingerprint density at radius 2 is 2.48 bits per heavy atom. The van der Waals surface area contributed by atoms with E-state index in [1.165, 1.54) is 29.1 Å². The van der Waals surface area contributed by atoms with Crippen molar-refractivity contribution in [3.63, 3.8) is 0 Å². The first-order valence-corrected chi connectivity index (χ1v) is 8.65. The van der Waals surface area contributed by atoms with Crippen LogP contribution in [0.2, 0.25) is 0 Å².